The average Bonchev–Trinajstić information content (AvgIpc) is 3.09. The van der Waals surface area contributed by atoms with Crippen LogP contribution in [-0.4, -0.2) is 45.7 Å². The highest BCUT2D eigenvalue weighted by Crippen LogP contribution is 2.21. The summed E-state index contributed by atoms with van der Waals surface area (Å²) in [6.07, 6.45) is 5.93. The number of amides is 1. The van der Waals surface area contributed by atoms with Crippen molar-refractivity contribution in [3.63, 3.8) is 0 Å². The molecule has 2 aromatic heterocycles. The van der Waals surface area contributed by atoms with Crippen LogP contribution in [0.4, 0.5) is 5.82 Å². The molecule has 7 nitrogen and oxygen atoms in total. The molecule has 0 bridgehead atoms. The van der Waals surface area contributed by atoms with Crippen LogP contribution in [0.5, 0.6) is 0 Å². The Labute approximate surface area is 135 Å². The number of hydrogen-bond donors (Lipinski definition) is 2. The molecule has 0 spiro atoms. The molecule has 1 aliphatic rings. The zero-order valence-corrected chi connectivity index (χ0v) is 13.3. The van der Waals surface area contributed by atoms with E-state index in [2.05, 4.69) is 30.4 Å². The number of anilines is 1. The van der Waals surface area contributed by atoms with E-state index in [1.54, 1.807) is 12.5 Å². The molecule has 122 valence electrons. The Kier molecular flexibility index (Phi) is 4.85. The van der Waals surface area contributed by atoms with Gasteiger partial charge in [0.15, 0.2) is 5.82 Å². The summed E-state index contributed by atoms with van der Waals surface area (Å²) in [5, 5.41) is 11.3. The molecule has 0 aliphatic carbocycles. The van der Waals surface area contributed by atoms with Gasteiger partial charge in [-0.3, -0.25) is 4.79 Å². The van der Waals surface area contributed by atoms with Crippen LogP contribution in [0.3, 0.4) is 0 Å². The Bertz CT molecular complexity index is 617. The Morgan fingerprint density at radius 3 is 2.83 bits per heavy atom. The van der Waals surface area contributed by atoms with Gasteiger partial charge in [-0.2, -0.15) is 5.10 Å². The van der Waals surface area contributed by atoms with Gasteiger partial charge in [0.05, 0.1) is 12.0 Å². The van der Waals surface area contributed by atoms with Gasteiger partial charge in [-0.25, -0.2) is 4.98 Å². The number of aryl methyl sites for hydroxylation is 1. The highest BCUT2D eigenvalue weighted by molar-refractivity contribution is 5.78. The highest BCUT2D eigenvalue weighted by Gasteiger charge is 2.25. The van der Waals surface area contributed by atoms with Crippen LogP contribution < -0.4 is 10.2 Å². The molecule has 0 aromatic carbocycles. The lowest BCUT2D eigenvalue weighted by atomic mass is 9.96. The predicted octanol–water partition coefficient (Wildman–Crippen LogP) is 1.08. The van der Waals surface area contributed by atoms with Gasteiger partial charge in [0, 0.05) is 43.9 Å². The van der Waals surface area contributed by atoms with E-state index in [4.69, 9.17) is 0 Å². The summed E-state index contributed by atoms with van der Waals surface area (Å²) >= 11 is 0. The first kappa shape index (κ1) is 15.5. The van der Waals surface area contributed by atoms with Crippen molar-refractivity contribution in [3.8, 4) is 0 Å². The maximum Gasteiger partial charge on any atom is 0.223 e. The monoisotopic (exact) mass is 314 g/mol. The van der Waals surface area contributed by atoms with Gasteiger partial charge < -0.3 is 15.2 Å². The van der Waals surface area contributed by atoms with Crippen LogP contribution >= 0.6 is 0 Å². The van der Waals surface area contributed by atoms with Crippen molar-refractivity contribution >= 4 is 11.7 Å². The highest BCUT2D eigenvalue weighted by atomic mass is 16.1. The van der Waals surface area contributed by atoms with Crippen molar-refractivity contribution in [2.45, 2.75) is 26.2 Å². The van der Waals surface area contributed by atoms with Gasteiger partial charge in [0.25, 0.3) is 0 Å². The summed E-state index contributed by atoms with van der Waals surface area (Å²) in [4.78, 5) is 21.4. The minimum absolute atomic E-state index is 0.0893. The number of H-pyrrole nitrogens is 1. The molecule has 7 heteroatoms. The lowest BCUT2D eigenvalue weighted by Gasteiger charge is -2.31. The summed E-state index contributed by atoms with van der Waals surface area (Å²) in [5.41, 5.74) is 1.96. The molecule has 3 rings (SSSR count). The Morgan fingerprint density at radius 2 is 2.17 bits per heavy atom. The smallest absolute Gasteiger partial charge is 0.223 e. The second kappa shape index (κ2) is 7.21. The summed E-state index contributed by atoms with van der Waals surface area (Å²) in [7, 11) is 0. The summed E-state index contributed by atoms with van der Waals surface area (Å²) < 4.78 is 0. The molecule has 2 N–H and O–H groups in total. The number of aromatic nitrogens is 4. The third kappa shape index (κ3) is 4.06. The van der Waals surface area contributed by atoms with E-state index in [0.717, 1.165) is 49.6 Å². The number of rotatable bonds is 5. The molecule has 3 heterocycles. The number of piperidine rings is 1. The van der Waals surface area contributed by atoms with Gasteiger partial charge in [-0.1, -0.05) is 0 Å². The van der Waals surface area contributed by atoms with Crippen LogP contribution in [0.2, 0.25) is 0 Å². The first-order valence-electron chi connectivity index (χ1n) is 8.02. The van der Waals surface area contributed by atoms with Gasteiger partial charge in [0.1, 0.15) is 0 Å². The number of aromatic amines is 1. The van der Waals surface area contributed by atoms with Gasteiger partial charge >= 0.3 is 0 Å². The molecule has 0 unspecified atom stereocenters. The number of carbonyl (C=O) groups excluding carboxylic acids is 1. The van der Waals surface area contributed by atoms with Crippen LogP contribution in [0.15, 0.2) is 24.7 Å². The predicted molar refractivity (Wildman–Crippen MR) is 87.0 cm³/mol. The van der Waals surface area contributed by atoms with Crippen LogP contribution in [0.1, 0.15) is 24.2 Å². The quantitative estimate of drug-likeness (QED) is 0.862. The number of hydrogen-bond acceptors (Lipinski definition) is 5. The minimum Gasteiger partial charge on any atom is -0.355 e. The second-order valence-electron chi connectivity index (χ2n) is 5.91. The lowest BCUT2D eigenvalue weighted by Crippen LogP contribution is -2.41. The summed E-state index contributed by atoms with van der Waals surface area (Å²) in [6.45, 7) is 4.26. The molecular weight excluding hydrogens is 292 g/mol. The fourth-order valence-electron chi connectivity index (χ4n) is 2.82. The van der Waals surface area contributed by atoms with Crippen molar-refractivity contribution in [1.29, 1.82) is 0 Å². The summed E-state index contributed by atoms with van der Waals surface area (Å²) in [6, 6.07) is 3.96. The van der Waals surface area contributed by atoms with E-state index in [9.17, 15) is 4.79 Å². The number of nitrogens with one attached hydrogen (secondary N) is 2. The maximum atomic E-state index is 12.2. The normalized spacial score (nSPS) is 15.6. The van der Waals surface area contributed by atoms with Crippen molar-refractivity contribution in [1.82, 2.24) is 25.5 Å². The molecule has 2 aromatic rings. The van der Waals surface area contributed by atoms with Gasteiger partial charge in [-0.05, 0) is 31.9 Å². The lowest BCUT2D eigenvalue weighted by molar-refractivity contribution is -0.125. The van der Waals surface area contributed by atoms with Crippen molar-refractivity contribution in [2.75, 3.05) is 24.5 Å². The molecule has 0 radical (unpaired) electrons. The van der Waals surface area contributed by atoms with E-state index in [-0.39, 0.29) is 11.8 Å². The topological polar surface area (TPSA) is 86.8 Å². The van der Waals surface area contributed by atoms with E-state index in [1.807, 2.05) is 19.1 Å². The number of carbonyl (C=O) groups is 1. The van der Waals surface area contributed by atoms with Crippen LogP contribution in [-0.2, 0) is 11.2 Å². The SMILES string of the molecule is Cc1ccc(N2CCC(C(=O)NCCc3cnc[nH]3)CC2)nn1. The van der Waals surface area contributed by atoms with E-state index < -0.39 is 0 Å². The third-order valence-corrected chi connectivity index (χ3v) is 4.22. The zero-order chi connectivity index (χ0) is 16.1. The van der Waals surface area contributed by atoms with E-state index in [1.165, 1.54) is 0 Å². The standard InChI is InChI=1S/C16H22N6O/c1-12-2-3-15(21-20-12)22-8-5-13(6-9-22)16(23)18-7-4-14-10-17-11-19-14/h2-3,10-11,13H,4-9H2,1H3,(H,17,19)(H,18,23). The molecular formula is C16H22N6O. The van der Waals surface area contributed by atoms with Crippen molar-refractivity contribution in [3.05, 3.63) is 36.0 Å². The first-order valence-corrected chi connectivity index (χ1v) is 8.02. The minimum atomic E-state index is 0.0893. The number of nitrogens with zero attached hydrogens (tertiary/aromatic N) is 4. The zero-order valence-electron chi connectivity index (χ0n) is 13.3. The van der Waals surface area contributed by atoms with Crippen molar-refractivity contribution in [2.24, 2.45) is 5.92 Å². The van der Waals surface area contributed by atoms with Crippen molar-refractivity contribution < 1.29 is 4.79 Å². The second-order valence-corrected chi connectivity index (χ2v) is 5.91. The van der Waals surface area contributed by atoms with Gasteiger partial charge in [-0.15, -0.1) is 5.10 Å². The first-order chi connectivity index (χ1) is 11.2. The van der Waals surface area contributed by atoms with Crippen LogP contribution in [0, 0.1) is 12.8 Å². The Hall–Kier alpha value is -2.44. The largest absolute Gasteiger partial charge is 0.355 e. The maximum absolute atomic E-state index is 12.2. The molecule has 1 amide bonds. The number of imidazole rings is 1. The molecule has 23 heavy (non-hydrogen) atoms. The fraction of sp³-hybridized carbons (Fsp3) is 0.500. The van der Waals surface area contributed by atoms with E-state index in [0.29, 0.717) is 6.54 Å². The third-order valence-electron chi connectivity index (χ3n) is 4.22. The molecule has 1 fully saturated rings. The fourth-order valence-corrected chi connectivity index (χ4v) is 2.82. The average molecular weight is 314 g/mol. The molecule has 1 aliphatic heterocycles. The molecule has 0 atom stereocenters. The molecule has 1 saturated heterocycles. The Morgan fingerprint density at radius 1 is 1.35 bits per heavy atom. The van der Waals surface area contributed by atoms with Gasteiger partial charge in [0.2, 0.25) is 5.91 Å². The Balaban J connectivity index is 1.43. The molecule has 0 saturated carbocycles. The summed E-state index contributed by atoms with van der Waals surface area (Å²) in [5.74, 6) is 1.14. The van der Waals surface area contributed by atoms with E-state index >= 15 is 0 Å². The van der Waals surface area contributed by atoms with Crippen LogP contribution in [0.25, 0.3) is 0 Å².